The third-order valence-electron chi connectivity index (χ3n) is 4.57. The van der Waals surface area contributed by atoms with Crippen LogP contribution >= 0.6 is 0 Å². The van der Waals surface area contributed by atoms with Crippen molar-refractivity contribution < 1.29 is 0 Å². The van der Waals surface area contributed by atoms with Gasteiger partial charge in [0.1, 0.15) is 0 Å². The van der Waals surface area contributed by atoms with Crippen LogP contribution in [0, 0.1) is 22.2 Å². The van der Waals surface area contributed by atoms with E-state index in [0.29, 0.717) is 16.2 Å². The molecule has 90 valence electrons. The predicted molar refractivity (Wildman–Crippen MR) is 69.0 cm³/mol. The molecule has 1 saturated carbocycles. The van der Waals surface area contributed by atoms with E-state index in [1.54, 1.807) is 0 Å². The Bertz CT molecular complexity index is 207. The molecule has 0 aromatic heterocycles. The summed E-state index contributed by atoms with van der Waals surface area (Å²) in [7, 11) is 0. The summed E-state index contributed by atoms with van der Waals surface area (Å²) >= 11 is 0. The molecule has 0 saturated heterocycles. The van der Waals surface area contributed by atoms with E-state index in [2.05, 4.69) is 48.5 Å². The highest BCUT2D eigenvalue weighted by atomic mass is 14.6. The summed E-state index contributed by atoms with van der Waals surface area (Å²) in [6, 6.07) is 0. The van der Waals surface area contributed by atoms with E-state index in [1.807, 2.05) is 0 Å². The Labute approximate surface area is 96.8 Å². The van der Waals surface area contributed by atoms with E-state index < -0.39 is 0 Å². The Morgan fingerprint density at radius 1 is 1.00 bits per heavy atom. The normalized spacial score (nSPS) is 22.6. The third kappa shape index (κ3) is 2.40. The predicted octanol–water partition coefficient (Wildman–Crippen LogP) is 5.28. The Hall–Kier alpha value is 0. The SMILES string of the molecule is CCCC(C(C)(C)C)C1(C(C)(C)C)CC1. The van der Waals surface area contributed by atoms with Crippen LogP contribution < -0.4 is 0 Å². The Kier molecular flexibility index (Phi) is 3.30. The van der Waals surface area contributed by atoms with Crippen LogP contribution in [0.3, 0.4) is 0 Å². The van der Waals surface area contributed by atoms with E-state index >= 15 is 0 Å². The van der Waals surface area contributed by atoms with E-state index in [4.69, 9.17) is 0 Å². The lowest BCUT2D eigenvalue weighted by Crippen LogP contribution is -2.37. The zero-order chi connectivity index (χ0) is 11.9. The van der Waals surface area contributed by atoms with Crippen LogP contribution in [0.2, 0.25) is 0 Å². The Morgan fingerprint density at radius 2 is 1.47 bits per heavy atom. The van der Waals surface area contributed by atoms with Gasteiger partial charge in [0.05, 0.1) is 0 Å². The molecule has 0 radical (unpaired) electrons. The first-order valence-corrected chi connectivity index (χ1v) is 6.65. The van der Waals surface area contributed by atoms with Gasteiger partial charge in [-0.2, -0.15) is 0 Å². The van der Waals surface area contributed by atoms with Crippen molar-refractivity contribution in [2.45, 2.75) is 74.1 Å². The Balaban J connectivity index is 2.91. The summed E-state index contributed by atoms with van der Waals surface area (Å²) in [5, 5.41) is 0. The molecule has 0 heterocycles. The van der Waals surface area contributed by atoms with Crippen LogP contribution in [-0.2, 0) is 0 Å². The highest BCUT2D eigenvalue weighted by Gasteiger charge is 2.58. The van der Waals surface area contributed by atoms with E-state index in [9.17, 15) is 0 Å². The average molecular weight is 210 g/mol. The van der Waals surface area contributed by atoms with Gasteiger partial charge in [-0.25, -0.2) is 0 Å². The van der Waals surface area contributed by atoms with E-state index in [0.717, 1.165) is 5.92 Å². The quantitative estimate of drug-likeness (QED) is 0.595. The molecule has 1 aliphatic carbocycles. The molecule has 1 atom stereocenters. The molecule has 0 aromatic carbocycles. The van der Waals surface area contributed by atoms with E-state index in [1.165, 1.54) is 25.7 Å². The molecule has 0 spiro atoms. The minimum absolute atomic E-state index is 0.472. The van der Waals surface area contributed by atoms with Crippen molar-refractivity contribution in [3.63, 3.8) is 0 Å². The highest BCUT2D eigenvalue weighted by Crippen LogP contribution is 2.67. The maximum absolute atomic E-state index is 2.44. The summed E-state index contributed by atoms with van der Waals surface area (Å²) in [6.07, 6.45) is 5.65. The van der Waals surface area contributed by atoms with Gasteiger partial charge in [-0.05, 0) is 41.4 Å². The molecule has 1 aliphatic rings. The molecule has 1 rings (SSSR count). The summed E-state index contributed by atoms with van der Waals surface area (Å²) in [4.78, 5) is 0. The van der Waals surface area contributed by atoms with E-state index in [-0.39, 0.29) is 0 Å². The minimum Gasteiger partial charge on any atom is -0.0654 e. The van der Waals surface area contributed by atoms with Gasteiger partial charge in [0.25, 0.3) is 0 Å². The molecular weight excluding hydrogens is 180 g/mol. The van der Waals surface area contributed by atoms with Crippen molar-refractivity contribution in [2.75, 3.05) is 0 Å². The monoisotopic (exact) mass is 210 g/mol. The molecule has 0 bridgehead atoms. The third-order valence-corrected chi connectivity index (χ3v) is 4.57. The lowest BCUT2D eigenvalue weighted by Gasteiger charge is -2.45. The molecule has 0 aliphatic heterocycles. The Morgan fingerprint density at radius 3 is 1.67 bits per heavy atom. The first kappa shape index (κ1) is 13.1. The zero-order valence-electron chi connectivity index (χ0n) is 11.9. The van der Waals surface area contributed by atoms with Crippen LogP contribution in [0.5, 0.6) is 0 Å². The first-order valence-electron chi connectivity index (χ1n) is 6.65. The molecule has 0 heteroatoms. The number of hydrogen-bond donors (Lipinski definition) is 0. The molecule has 0 N–H and O–H groups in total. The second-order valence-corrected chi connectivity index (χ2v) is 7.61. The van der Waals surface area contributed by atoms with Gasteiger partial charge in [0, 0.05) is 0 Å². The molecular formula is C15H30. The fourth-order valence-corrected chi connectivity index (χ4v) is 3.58. The average Bonchev–Trinajstić information content (AvgIpc) is 2.76. The van der Waals surface area contributed by atoms with Gasteiger partial charge in [0.2, 0.25) is 0 Å². The summed E-state index contributed by atoms with van der Waals surface area (Å²) in [5.74, 6) is 0.898. The van der Waals surface area contributed by atoms with Gasteiger partial charge < -0.3 is 0 Å². The largest absolute Gasteiger partial charge is 0.0654 e. The zero-order valence-corrected chi connectivity index (χ0v) is 11.9. The van der Waals surface area contributed by atoms with Crippen LogP contribution in [0.15, 0.2) is 0 Å². The standard InChI is InChI=1S/C15H30/c1-8-9-12(13(2,3)4)15(10-11-15)14(5,6)7/h12H,8-11H2,1-7H3. The van der Waals surface area contributed by atoms with Crippen molar-refractivity contribution in [3.8, 4) is 0 Å². The summed E-state index contributed by atoms with van der Waals surface area (Å²) < 4.78 is 0. The molecule has 15 heavy (non-hydrogen) atoms. The van der Waals surface area contributed by atoms with Crippen molar-refractivity contribution >= 4 is 0 Å². The fraction of sp³-hybridized carbons (Fsp3) is 1.00. The second-order valence-electron chi connectivity index (χ2n) is 7.61. The number of rotatable bonds is 3. The van der Waals surface area contributed by atoms with Crippen LogP contribution in [0.4, 0.5) is 0 Å². The van der Waals surface area contributed by atoms with Crippen molar-refractivity contribution in [1.29, 1.82) is 0 Å². The van der Waals surface area contributed by atoms with Crippen molar-refractivity contribution in [1.82, 2.24) is 0 Å². The van der Waals surface area contributed by atoms with Gasteiger partial charge in [-0.3, -0.25) is 0 Å². The van der Waals surface area contributed by atoms with Gasteiger partial charge in [-0.1, -0.05) is 54.9 Å². The summed E-state index contributed by atoms with van der Waals surface area (Å²) in [5.41, 5.74) is 1.60. The van der Waals surface area contributed by atoms with Gasteiger partial charge in [-0.15, -0.1) is 0 Å². The lowest BCUT2D eigenvalue weighted by atomic mass is 9.60. The van der Waals surface area contributed by atoms with Gasteiger partial charge >= 0.3 is 0 Å². The number of hydrogen-bond acceptors (Lipinski definition) is 0. The maximum Gasteiger partial charge on any atom is -0.0215 e. The van der Waals surface area contributed by atoms with Crippen molar-refractivity contribution in [2.24, 2.45) is 22.2 Å². The fourth-order valence-electron chi connectivity index (χ4n) is 3.58. The molecule has 1 unspecified atom stereocenters. The topological polar surface area (TPSA) is 0 Å². The second kappa shape index (κ2) is 3.79. The highest BCUT2D eigenvalue weighted by molar-refractivity contribution is 5.08. The van der Waals surface area contributed by atoms with Gasteiger partial charge in [0.15, 0.2) is 0 Å². The minimum atomic E-state index is 0.472. The summed E-state index contributed by atoms with van der Waals surface area (Å²) in [6.45, 7) is 16.9. The molecule has 0 aromatic rings. The van der Waals surface area contributed by atoms with Crippen LogP contribution in [0.25, 0.3) is 0 Å². The molecule has 0 amide bonds. The van der Waals surface area contributed by atoms with Crippen LogP contribution in [-0.4, -0.2) is 0 Å². The molecule has 1 fully saturated rings. The van der Waals surface area contributed by atoms with Crippen molar-refractivity contribution in [3.05, 3.63) is 0 Å². The molecule has 0 nitrogen and oxygen atoms in total. The lowest BCUT2D eigenvalue weighted by molar-refractivity contribution is 0.0412. The van der Waals surface area contributed by atoms with Crippen LogP contribution in [0.1, 0.15) is 74.1 Å². The smallest absolute Gasteiger partial charge is 0.0215 e. The maximum atomic E-state index is 2.44. The first-order chi connectivity index (χ1) is 6.65.